The molecule has 1 aliphatic heterocycles. The van der Waals surface area contributed by atoms with E-state index in [1.54, 1.807) is 31.4 Å². The Hall–Kier alpha value is -3.42. The van der Waals surface area contributed by atoms with Crippen molar-refractivity contribution in [3.63, 3.8) is 0 Å². The fourth-order valence-electron chi connectivity index (χ4n) is 5.70. The molecule has 5 rings (SSSR count). The van der Waals surface area contributed by atoms with Crippen molar-refractivity contribution in [2.24, 2.45) is 0 Å². The number of methoxy groups -OCH3 is 2. The van der Waals surface area contributed by atoms with Crippen molar-refractivity contribution in [2.45, 2.75) is 76.5 Å². The monoisotopic (exact) mass is 493 g/mol. The molecular formula is C28H35N3O5. The number of furan rings is 1. The molecule has 1 saturated carbocycles. The lowest BCUT2D eigenvalue weighted by atomic mass is 9.92. The first-order chi connectivity index (χ1) is 17.5. The second kappa shape index (κ2) is 9.91. The van der Waals surface area contributed by atoms with Gasteiger partial charge in [-0.3, -0.25) is 9.59 Å². The number of ether oxygens (including phenoxy) is 2. The second-order valence-electron chi connectivity index (χ2n) is 10.1. The maximum absolute atomic E-state index is 14.0. The summed E-state index contributed by atoms with van der Waals surface area (Å²) in [5, 5.41) is 4.10. The Morgan fingerprint density at radius 1 is 1.08 bits per heavy atom. The molecule has 1 N–H and O–H groups in total. The molecule has 0 unspecified atom stereocenters. The normalized spacial score (nSPS) is 21.1. The van der Waals surface area contributed by atoms with Gasteiger partial charge in [-0.25, -0.2) is 0 Å². The van der Waals surface area contributed by atoms with Crippen molar-refractivity contribution in [1.82, 2.24) is 14.8 Å². The first-order valence-electron chi connectivity index (χ1n) is 12.9. The highest BCUT2D eigenvalue weighted by atomic mass is 16.5. The summed E-state index contributed by atoms with van der Waals surface area (Å²) in [6.45, 7) is 2.35. The lowest BCUT2D eigenvalue weighted by Gasteiger charge is -2.44. The SMILES string of the molecule is COc1ccc(OC)c2c1cc1n2C[C@](C)(C(=O)NC2CCCCCCC2)N(Cc2ccco2)C1=O. The van der Waals surface area contributed by atoms with E-state index in [-0.39, 0.29) is 24.4 Å². The van der Waals surface area contributed by atoms with Crippen LogP contribution in [0, 0.1) is 0 Å². The Bertz CT molecular complexity index is 1240. The minimum atomic E-state index is -1.13. The molecule has 36 heavy (non-hydrogen) atoms. The zero-order valence-electron chi connectivity index (χ0n) is 21.3. The van der Waals surface area contributed by atoms with Gasteiger partial charge >= 0.3 is 0 Å². The lowest BCUT2D eigenvalue weighted by molar-refractivity contribution is -0.134. The summed E-state index contributed by atoms with van der Waals surface area (Å²) in [5.74, 6) is 1.55. The number of hydrogen-bond acceptors (Lipinski definition) is 5. The van der Waals surface area contributed by atoms with Crippen LogP contribution < -0.4 is 14.8 Å². The first-order valence-corrected chi connectivity index (χ1v) is 12.9. The lowest BCUT2D eigenvalue weighted by Crippen LogP contribution is -2.64. The van der Waals surface area contributed by atoms with Gasteiger partial charge in [0, 0.05) is 11.4 Å². The molecule has 3 heterocycles. The van der Waals surface area contributed by atoms with Crippen LogP contribution in [0.4, 0.5) is 0 Å². The zero-order valence-corrected chi connectivity index (χ0v) is 21.3. The number of amides is 2. The molecule has 0 saturated heterocycles. The van der Waals surface area contributed by atoms with Crippen molar-refractivity contribution in [1.29, 1.82) is 0 Å². The molecule has 1 atom stereocenters. The van der Waals surface area contributed by atoms with Crippen LogP contribution in [0.5, 0.6) is 11.5 Å². The summed E-state index contributed by atoms with van der Waals surface area (Å²) in [6, 6.07) is 9.24. The van der Waals surface area contributed by atoms with Crippen LogP contribution in [0.1, 0.15) is 68.1 Å². The van der Waals surface area contributed by atoms with Gasteiger partial charge in [0.05, 0.1) is 39.1 Å². The van der Waals surface area contributed by atoms with Crippen LogP contribution in [0.25, 0.3) is 10.9 Å². The minimum Gasteiger partial charge on any atom is -0.496 e. The predicted molar refractivity (Wildman–Crippen MR) is 136 cm³/mol. The second-order valence-corrected chi connectivity index (χ2v) is 10.1. The standard InChI is InChI=1S/C28H35N3O5/c1-28(27(33)29-19-10-7-5-4-6-8-11-19)18-30-22(26(32)31(28)17-20-12-9-15-36-20)16-21-23(34-2)13-14-24(35-3)25(21)30/h9,12-16,19H,4-8,10-11,17-18H2,1-3H3,(H,29,33)/t28-/m1/s1. The Labute approximate surface area is 211 Å². The molecule has 2 aliphatic rings. The van der Waals surface area contributed by atoms with Crippen molar-refractivity contribution in [3.05, 3.63) is 48.0 Å². The average molecular weight is 494 g/mol. The van der Waals surface area contributed by atoms with E-state index in [4.69, 9.17) is 13.9 Å². The molecule has 192 valence electrons. The van der Waals surface area contributed by atoms with Crippen LogP contribution in [0.3, 0.4) is 0 Å². The fourth-order valence-corrected chi connectivity index (χ4v) is 5.70. The number of benzene rings is 1. The zero-order chi connectivity index (χ0) is 25.3. The molecule has 0 radical (unpaired) electrons. The third-order valence-corrected chi connectivity index (χ3v) is 7.77. The molecule has 1 aliphatic carbocycles. The van der Waals surface area contributed by atoms with Crippen LogP contribution >= 0.6 is 0 Å². The smallest absolute Gasteiger partial charge is 0.271 e. The number of aromatic nitrogens is 1. The van der Waals surface area contributed by atoms with E-state index in [0.29, 0.717) is 29.5 Å². The Kier molecular flexibility index (Phi) is 6.69. The number of fused-ring (bicyclic) bond motifs is 3. The molecular weight excluding hydrogens is 458 g/mol. The third-order valence-electron chi connectivity index (χ3n) is 7.77. The van der Waals surface area contributed by atoms with Crippen molar-refractivity contribution < 1.29 is 23.5 Å². The summed E-state index contributed by atoms with van der Waals surface area (Å²) < 4.78 is 18.7. The Morgan fingerprint density at radius 3 is 2.44 bits per heavy atom. The average Bonchev–Trinajstić information content (AvgIpc) is 3.51. The summed E-state index contributed by atoms with van der Waals surface area (Å²) in [4.78, 5) is 29.7. The molecule has 3 aromatic rings. The van der Waals surface area contributed by atoms with Crippen molar-refractivity contribution >= 4 is 22.7 Å². The van der Waals surface area contributed by atoms with Gasteiger partial charge in [-0.05, 0) is 50.1 Å². The Morgan fingerprint density at radius 2 is 1.78 bits per heavy atom. The van der Waals surface area contributed by atoms with E-state index in [2.05, 4.69) is 5.32 Å². The summed E-state index contributed by atoms with van der Waals surface area (Å²) in [5.41, 5.74) is 0.123. The summed E-state index contributed by atoms with van der Waals surface area (Å²) >= 11 is 0. The van der Waals surface area contributed by atoms with Crippen LogP contribution in [-0.2, 0) is 17.9 Å². The number of rotatable bonds is 6. The molecule has 0 bridgehead atoms. The van der Waals surface area contributed by atoms with E-state index in [1.807, 2.05) is 35.8 Å². The predicted octanol–water partition coefficient (Wildman–Crippen LogP) is 4.90. The van der Waals surface area contributed by atoms with Gasteiger partial charge in [-0.1, -0.05) is 32.1 Å². The van der Waals surface area contributed by atoms with Gasteiger partial charge in [-0.2, -0.15) is 0 Å². The number of carbonyl (C=O) groups excluding carboxylic acids is 2. The highest BCUT2D eigenvalue weighted by molar-refractivity contribution is 6.05. The van der Waals surface area contributed by atoms with Crippen LogP contribution in [-0.4, -0.2) is 47.1 Å². The van der Waals surface area contributed by atoms with E-state index >= 15 is 0 Å². The Balaban J connectivity index is 1.57. The van der Waals surface area contributed by atoms with Crippen LogP contribution in [0.2, 0.25) is 0 Å². The maximum Gasteiger partial charge on any atom is 0.271 e. The van der Waals surface area contributed by atoms with Gasteiger partial charge in [0.25, 0.3) is 5.91 Å². The van der Waals surface area contributed by atoms with Crippen LogP contribution in [0.15, 0.2) is 41.0 Å². The number of hydrogen-bond donors (Lipinski definition) is 1. The largest absolute Gasteiger partial charge is 0.496 e. The third kappa shape index (κ3) is 4.22. The quantitative estimate of drug-likeness (QED) is 0.528. The number of nitrogens with zero attached hydrogens (tertiary/aromatic N) is 2. The maximum atomic E-state index is 14.0. The molecule has 0 spiro atoms. The van der Waals surface area contributed by atoms with Gasteiger partial charge < -0.3 is 28.7 Å². The van der Waals surface area contributed by atoms with Crippen molar-refractivity contribution in [3.8, 4) is 11.5 Å². The molecule has 2 amide bonds. The first kappa shape index (κ1) is 24.3. The van der Waals surface area contributed by atoms with E-state index in [0.717, 1.165) is 36.6 Å². The molecule has 8 nitrogen and oxygen atoms in total. The van der Waals surface area contributed by atoms with Crippen molar-refractivity contribution in [2.75, 3.05) is 14.2 Å². The highest BCUT2D eigenvalue weighted by Gasteiger charge is 2.48. The highest BCUT2D eigenvalue weighted by Crippen LogP contribution is 2.40. The van der Waals surface area contributed by atoms with E-state index in [9.17, 15) is 9.59 Å². The summed E-state index contributed by atoms with van der Waals surface area (Å²) in [6.07, 6.45) is 9.41. The molecule has 2 aromatic heterocycles. The van der Waals surface area contributed by atoms with Gasteiger partial charge in [-0.15, -0.1) is 0 Å². The molecule has 8 heteroatoms. The van der Waals surface area contributed by atoms with Gasteiger partial charge in [0.15, 0.2) is 0 Å². The topological polar surface area (TPSA) is 85.9 Å². The molecule has 1 fully saturated rings. The van der Waals surface area contributed by atoms with E-state index in [1.165, 1.54) is 19.3 Å². The molecule has 1 aromatic carbocycles. The summed E-state index contributed by atoms with van der Waals surface area (Å²) in [7, 11) is 3.21. The van der Waals surface area contributed by atoms with Gasteiger partial charge in [0.2, 0.25) is 5.91 Å². The fraction of sp³-hybridized carbons (Fsp3) is 0.500. The number of nitrogens with one attached hydrogen (secondary N) is 1. The van der Waals surface area contributed by atoms with E-state index < -0.39 is 5.54 Å². The number of carbonyl (C=O) groups is 2. The minimum absolute atomic E-state index is 0.118. The van der Waals surface area contributed by atoms with Gasteiger partial charge in [0.1, 0.15) is 28.5 Å².